The lowest BCUT2D eigenvalue weighted by Gasteiger charge is -2.19. The van der Waals surface area contributed by atoms with E-state index < -0.39 is 9.84 Å². The predicted octanol–water partition coefficient (Wildman–Crippen LogP) is 3.76. The van der Waals surface area contributed by atoms with Crippen molar-refractivity contribution in [2.75, 3.05) is 7.11 Å². The molecular weight excluding hydrogens is 284 g/mol. The van der Waals surface area contributed by atoms with Gasteiger partial charge < -0.3 is 4.74 Å². The van der Waals surface area contributed by atoms with Crippen molar-refractivity contribution in [1.82, 2.24) is 0 Å². The lowest BCUT2D eigenvalue weighted by atomic mass is 10.00. The van der Waals surface area contributed by atoms with Gasteiger partial charge in [-0.2, -0.15) is 0 Å². The molecule has 0 spiro atoms. The standard InChI is InChI=1S/C17H20O3S/c1-11-13(3)17(14(4)12(2)16(11)20-5)21(18,19)15-9-7-6-8-10-15/h6-10H,1-5H3. The summed E-state index contributed by atoms with van der Waals surface area (Å²) < 4.78 is 31.3. The Labute approximate surface area is 126 Å². The minimum Gasteiger partial charge on any atom is -0.496 e. The fourth-order valence-electron chi connectivity index (χ4n) is 2.67. The largest absolute Gasteiger partial charge is 0.496 e. The maximum absolute atomic E-state index is 12.9. The van der Waals surface area contributed by atoms with Crippen molar-refractivity contribution in [2.24, 2.45) is 0 Å². The molecule has 0 aliphatic rings. The number of methoxy groups -OCH3 is 1. The molecule has 0 saturated heterocycles. The van der Waals surface area contributed by atoms with Crippen molar-refractivity contribution in [1.29, 1.82) is 0 Å². The Morgan fingerprint density at radius 3 is 1.71 bits per heavy atom. The molecule has 2 rings (SSSR count). The zero-order valence-corrected chi connectivity index (χ0v) is 13.8. The van der Waals surface area contributed by atoms with Crippen LogP contribution in [0.5, 0.6) is 5.75 Å². The van der Waals surface area contributed by atoms with E-state index in [4.69, 9.17) is 4.74 Å². The van der Waals surface area contributed by atoms with E-state index in [0.29, 0.717) is 9.79 Å². The van der Waals surface area contributed by atoms with Crippen LogP contribution >= 0.6 is 0 Å². The van der Waals surface area contributed by atoms with Crippen LogP contribution in [0.15, 0.2) is 40.1 Å². The number of ether oxygens (including phenoxy) is 1. The Morgan fingerprint density at radius 2 is 1.29 bits per heavy atom. The third-order valence-electron chi connectivity index (χ3n) is 4.01. The second-order valence-corrected chi connectivity index (χ2v) is 7.07. The summed E-state index contributed by atoms with van der Waals surface area (Å²) in [6.45, 7) is 7.45. The highest BCUT2D eigenvalue weighted by Gasteiger charge is 2.26. The zero-order chi connectivity index (χ0) is 15.8. The quantitative estimate of drug-likeness (QED) is 0.867. The first-order valence-electron chi connectivity index (χ1n) is 6.76. The van der Waals surface area contributed by atoms with Gasteiger partial charge in [-0.3, -0.25) is 0 Å². The molecule has 0 atom stereocenters. The minimum atomic E-state index is -3.53. The number of hydrogen-bond donors (Lipinski definition) is 0. The van der Waals surface area contributed by atoms with E-state index in [-0.39, 0.29) is 0 Å². The van der Waals surface area contributed by atoms with Gasteiger partial charge in [0.2, 0.25) is 9.84 Å². The van der Waals surface area contributed by atoms with Crippen LogP contribution in [-0.4, -0.2) is 15.5 Å². The van der Waals surface area contributed by atoms with Gasteiger partial charge in [0.1, 0.15) is 5.75 Å². The van der Waals surface area contributed by atoms with Crippen LogP contribution in [0.25, 0.3) is 0 Å². The molecule has 0 unspecified atom stereocenters. The van der Waals surface area contributed by atoms with Crippen LogP contribution in [0.3, 0.4) is 0 Å². The Hall–Kier alpha value is -1.81. The lowest BCUT2D eigenvalue weighted by molar-refractivity contribution is 0.407. The molecule has 2 aromatic carbocycles. The smallest absolute Gasteiger partial charge is 0.207 e. The maximum Gasteiger partial charge on any atom is 0.207 e. The molecule has 0 fully saturated rings. The average molecular weight is 304 g/mol. The van der Waals surface area contributed by atoms with Crippen LogP contribution in [0, 0.1) is 27.7 Å². The molecule has 0 aliphatic heterocycles. The van der Waals surface area contributed by atoms with E-state index >= 15 is 0 Å². The van der Waals surface area contributed by atoms with E-state index in [1.165, 1.54) is 0 Å². The van der Waals surface area contributed by atoms with E-state index in [2.05, 4.69) is 0 Å². The fraction of sp³-hybridized carbons (Fsp3) is 0.294. The van der Waals surface area contributed by atoms with Gasteiger partial charge in [0.25, 0.3) is 0 Å². The van der Waals surface area contributed by atoms with Gasteiger partial charge in [-0.1, -0.05) is 18.2 Å². The fourth-order valence-corrected chi connectivity index (χ4v) is 4.53. The number of hydrogen-bond acceptors (Lipinski definition) is 3. The molecule has 3 nitrogen and oxygen atoms in total. The summed E-state index contributed by atoms with van der Waals surface area (Å²) in [5, 5.41) is 0. The molecule has 0 saturated carbocycles. The Morgan fingerprint density at radius 1 is 0.810 bits per heavy atom. The van der Waals surface area contributed by atoms with Gasteiger partial charge in [-0.05, 0) is 62.1 Å². The van der Waals surface area contributed by atoms with Gasteiger partial charge in [0, 0.05) is 0 Å². The van der Waals surface area contributed by atoms with E-state index in [1.54, 1.807) is 31.4 Å². The van der Waals surface area contributed by atoms with Crippen LogP contribution in [0.4, 0.5) is 0 Å². The summed E-state index contributed by atoms with van der Waals surface area (Å²) in [5.74, 6) is 0.761. The molecule has 112 valence electrons. The second-order valence-electron chi connectivity index (χ2n) is 5.18. The first-order chi connectivity index (χ1) is 9.82. The first kappa shape index (κ1) is 15.6. The average Bonchev–Trinajstić information content (AvgIpc) is 2.47. The molecule has 0 radical (unpaired) electrons. The van der Waals surface area contributed by atoms with E-state index in [1.807, 2.05) is 33.8 Å². The highest BCUT2D eigenvalue weighted by Crippen LogP contribution is 2.37. The zero-order valence-electron chi connectivity index (χ0n) is 13.0. The lowest BCUT2D eigenvalue weighted by Crippen LogP contribution is -2.10. The number of sulfone groups is 1. The molecule has 0 heterocycles. The minimum absolute atomic E-state index is 0.320. The summed E-state index contributed by atoms with van der Waals surface area (Å²) in [4.78, 5) is 0.713. The normalized spacial score (nSPS) is 11.5. The summed E-state index contributed by atoms with van der Waals surface area (Å²) in [5.41, 5.74) is 3.24. The molecule has 0 N–H and O–H groups in total. The monoisotopic (exact) mass is 304 g/mol. The SMILES string of the molecule is COc1c(C)c(C)c(S(=O)(=O)c2ccccc2)c(C)c1C. The Kier molecular flexibility index (Phi) is 4.10. The molecule has 21 heavy (non-hydrogen) atoms. The van der Waals surface area contributed by atoms with Crippen molar-refractivity contribution >= 4 is 9.84 Å². The number of rotatable bonds is 3. The topological polar surface area (TPSA) is 43.4 Å². The molecule has 0 aromatic heterocycles. The van der Waals surface area contributed by atoms with Crippen molar-refractivity contribution in [3.8, 4) is 5.75 Å². The van der Waals surface area contributed by atoms with Gasteiger partial charge >= 0.3 is 0 Å². The molecule has 4 heteroatoms. The van der Waals surface area contributed by atoms with E-state index in [0.717, 1.165) is 28.0 Å². The third-order valence-corrected chi connectivity index (χ3v) is 6.06. The predicted molar refractivity (Wildman–Crippen MR) is 83.8 cm³/mol. The second kappa shape index (κ2) is 5.53. The summed E-state index contributed by atoms with van der Waals surface area (Å²) >= 11 is 0. The maximum atomic E-state index is 12.9. The van der Waals surface area contributed by atoms with Crippen molar-refractivity contribution < 1.29 is 13.2 Å². The summed E-state index contributed by atoms with van der Waals surface area (Å²) in [6, 6.07) is 8.54. The van der Waals surface area contributed by atoms with Crippen LogP contribution in [0.1, 0.15) is 22.3 Å². The third kappa shape index (κ3) is 2.44. The molecule has 0 amide bonds. The Balaban J connectivity index is 2.83. The van der Waals surface area contributed by atoms with Gasteiger partial charge in [0.05, 0.1) is 16.9 Å². The van der Waals surface area contributed by atoms with Crippen LogP contribution < -0.4 is 4.74 Å². The van der Waals surface area contributed by atoms with Gasteiger partial charge in [-0.25, -0.2) is 8.42 Å². The molecule has 2 aromatic rings. The molecular formula is C17H20O3S. The van der Waals surface area contributed by atoms with E-state index in [9.17, 15) is 8.42 Å². The first-order valence-corrected chi connectivity index (χ1v) is 8.25. The Bertz CT molecular complexity index is 746. The highest BCUT2D eigenvalue weighted by molar-refractivity contribution is 7.91. The highest BCUT2D eigenvalue weighted by atomic mass is 32.2. The number of benzene rings is 2. The molecule has 0 aliphatic carbocycles. The van der Waals surface area contributed by atoms with Crippen molar-refractivity contribution in [3.63, 3.8) is 0 Å². The molecule has 0 bridgehead atoms. The van der Waals surface area contributed by atoms with Gasteiger partial charge in [0.15, 0.2) is 0 Å². The van der Waals surface area contributed by atoms with Crippen LogP contribution in [0.2, 0.25) is 0 Å². The summed E-state index contributed by atoms with van der Waals surface area (Å²) in [6.07, 6.45) is 0. The summed E-state index contributed by atoms with van der Waals surface area (Å²) in [7, 11) is -1.92. The van der Waals surface area contributed by atoms with Gasteiger partial charge in [-0.15, -0.1) is 0 Å². The van der Waals surface area contributed by atoms with Crippen molar-refractivity contribution in [2.45, 2.75) is 37.5 Å². The van der Waals surface area contributed by atoms with Crippen molar-refractivity contribution in [3.05, 3.63) is 52.6 Å². The van der Waals surface area contributed by atoms with Crippen LogP contribution in [-0.2, 0) is 9.84 Å².